The Morgan fingerprint density at radius 3 is 2.02 bits per heavy atom. The van der Waals surface area contributed by atoms with Gasteiger partial charge in [0.25, 0.3) is 5.91 Å². The zero-order chi connectivity index (χ0) is 34.2. The van der Waals surface area contributed by atoms with Crippen molar-refractivity contribution in [3.05, 3.63) is 0 Å². The number of carbonyl (C=O) groups is 6. The quantitative estimate of drug-likeness (QED) is 0.251. The number of piperidine rings is 1. The highest BCUT2D eigenvalue weighted by molar-refractivity contribution is 6.37. The van der Waals surface area contributed by atoms with Crippen molar-refractivity contribution < 1.29 is 33.5 Å². The Hall–Kier alpha value is -3.38. The Balaban J connectivity index is 1.80. The van der Waals surface area contributed by atoms with Gasteiger partial charge in [-0.05, 0) is 40.4 Å². The van der Waals surface area contributed by atoms with Crippen LogP contribution in [0.1, 0.15) is 81.1 Å². The van der Waals surface area contributed by atoms with Crippen molar-refractivity contribution >= 4 is 35.6 Å². The van der Waals surface area contributed by atoms with E-state index in [2.05, 4.69) is 16.0 Å². The number of ketones is 1. The molecule has 2 saturated carbocycles. The highest BCUT2D eigenvalue weighted by atomic mass is 16.6. The van der Waals surface area contributed by atoms with Crippen LogP contribution < -0.4 is 21.7 Å². The van der Waals surface area contributed by atoms with Crippen LogP contribution in [0, 0.1) is 34.0 Å². The van der Waals surface area contributed by atoms with Crippen molar-refractivity contribution in [1.82, 2.24) is 25.8 Å². The minimum Gasteiger partial charge on any atom is -0.447 e. The van der Waals surface area contributed by atoms with Crippen LogP contribution >= 0.6 is 0 Å². The van der Waals surface area contributed by atoms with Gasteiger partial charge in [0, 0.05) is 20.6 Å². The molecule has 2 aliphatic carbocycles. The number of nitrogens with one attached hydrogen (secondary N) is 3. The number of hydrogen-bond donors (Lipinski definition) is 4. The molecule has 6 amide bonds. The third-order valence-electron chi connectivity index (χ3n) is 9.91. The fourth-order valence-corrected chi connectivity index (χ4v) is 6.47. The van der Waals surface area contributed by atoms with Crippen LogP contribution in [0.4, 0.5) is 9.59 Å². The summed E-state index contributed by atoms with van der Waals surface area (Å²) in [6.07, 6.45) is 2.66. The van der Waals surface area contributed by atoms with Crippen LogP contribution in [-0.2, 0) is 23.9 Å². The molecule has 1 aliphatic heterocycles. The highest BCUT2D eigenvalue weighted by Gasteiger charge is 2.70. The maximum Gasteiger partial charge on any atom is 0.409 e. The Kier molecular flexibility index (Phi) is 10.6. The number of Topliss-reactive ketones (excluding diaryl/α,β-unsaturated/α-hetero) is 1. The first kappa shape index (κ1) is 36.1. The van der Waals surface area contributed by atoms with E-state index in [1.54, 1.807) is 14.1 Å². The number of ether oxygens (including phenoxy) is 1. The zero-order valence-electron chi connectivity index (χ0n) is 28.6. The van der Waals surface area contributed by atoms with Gasteiger partial charge in [0.05, 0.1) is 12.1 Å². The molecule has 0 aromatic heterocycles. The number of fused-ring (bicyclic) bond motifs is 1. The molecule has 0 aromatic carbocycles. The minimum atomic E-state index is -1.10. The lowest BCUT2D eigenvalue weighted by Gasteiger charge is -2.39. The van der Waals surface area contributed by atoms with Crippen LogP contribution in [-0.4, -0.2) is 96.8 Å². The number of nitrogens with two attached hydrogens (primary N) is 1. The molecule has 0 radical (unpaired) electrons. The zero-order valence-corrected chi connectivity index (χ0v) is 28.6. The lowest BCUT2D eigenvalue weighted by Crippen LogP contribution is -2.62. The summed E-state index contributed by atoms with van der Waals surface area (Å²) in [5.74, 6) is -2.69. The summed E-state index contributed by atoms with van der Waals surface area (Å²) < 4.78 is 5.34. The number of carbonyl (C=O) groups excluding carboxylic acids is 6. The molecule has 0 bridgehead atoms. The summed E-state index contributed by atoms with van der Waals surface area (Å²) in [4.78, 5) is 80.8. The standard InChI is InChI=1S/C32H54N6O7/c1-30(2,3)20(16-45-29(44)37(9)10)35-28(43)36-24(31(4,5)6)27(42)38-15-18-21(32(18,7)8)22(38)26(41)34-19(23(39)25(33)40)14-17-12-11-13-17/h17-22,24H,11-16H2,1-10H3,(H2,33,40)(H,34,41)(H2,35,36,43)/t18-,19?,20+,21-,22-,24+/m0/s1. The molecule has 6 atom stereocenters. The molecule has 3 aliphatic rings. The Bertz CT molecular complexity index is 1180. The number of rotatable bonds is 11. The molecule has 1 heterocycles. The summed E-state index contributed by atoms with van der Waals surface area (Å²) in [7, 11) is 3.13. The van der Waals surface area contributed by atoms with E-state index in [9.17, 15) is 28.8 Å². The predicted molar refractivity (Wildman–Crippen MR) is 168 cm³/mol. The molecule has 5 N–H and O–H groups in total. The molecule has 45 heavy (non-hydrogen) atoms. The van der Waals surface area contributed by atoms with E-state index in [1.165, 1.54) is 9.80 Å². The smallest absolute Gasteiger partial charge is 0.409 e. The molecule has 3 rings (SSSR count). The van der Waals surface area contributed by atoms with Crippen LogP contribution in [0.5, 0.6) is 0 Å². The summed E-state index contributed by atoms with van der Waals surface area (Å²) in [6, 6.07) is -4.09. The molecule has 1 unspecified atom stereocenters. The highest BCUT2D eigenvalue weighted by Crippen LogP contribution is 2.65. The van der Waals surface area contributed by atoms with Crippen molar-refractivity contribution in [1.29, 1.82) is 0 Å². The van der Waals surface area contributed by atoms with E-state index in [0.717, 1.165) is 19.3 Å². The Morgan fingerprint density at radius 2 is 1.56 bits per heavy atom. The predicted octanol–water partition coefficient (Wildman–Crippen LogP) is 2.03. The number of likely N-dealkylation sites (tertiary alicyclic amines) is 1. The van der Waals surface area contributed by atoms with Gasteiger partial charge in [0.1, 0.15) is 18.7 Å². The van der Waals surface area contributed by atoms with Gasteiger partial charge in [-0.3, -0.25) is 19.2 Å². The first-order chi connectivity index (χ1) is 20.6. The van der Waals surface area contributed by atoms with E-state index >= 15 is 0 Å². The molecule has 0 spiro atoms. The van der Waals surface area contributed by atoms with E-state index in [-0.39, 0.29) is 29.8 Å². The largest absolute Gasteiger partial charge is 0.447 e. The van der Waals surface area contributed by atoms with Crippen LogP contribution in [0.2, 0.25) is 0 Å². The fourth-order valence-electron chi connectivity index (χ4n) is 6.47. The fraction of sp³-hybridized carbons (Fsp3) is 0.812. The van der Waals surface area contributed by atoms with E-state index in [1.807, 2.05) is 55.4 Å². The average Bonchev–Trinajstić information content (AvgIpc) is 3.20. The second-order valence-corrected chi connectivity index (χ2v) is 16.0. The number of urea groups is 1. The van der Waals surface area contributed by atoms with E-state index in [0.29, 0.717) is 13.0 Å². The van der Waals surface area contributed by atoms with Gasteiger partial charge >= 0.3 is 12.1 Å². The molecule has 1 saturated heterocycles. The number of amides is 6. The maximum absolute atomic E-state index is 14.2. The van der Waals surface area contributed by atoms with Gasteiger partial charge in [-0.1, -0.05) is 74.7 Å². The number of hydrogen-bond acceptors (Lipinski definition) is 7. The van der Waals surface area contributed by atoms with Crippen molar-refractivity contribution in [3.8, 4) is 0 Å². The lowest BCUT2D eigenvalue weighted by molar-refractivity contribution is -0.145. The van der Waals surface area contributed by atoms with Gasteiger partial charge in [-0.15, -0.1) is 0 Å². The Morgan fingerprint density at radius 1 is 0.956 bits per heavy atom. The van der Waals surface area contributed by atoms with Gasteiger partial charge in [0.15, 0.2) is 0 Å². The average molecular weight is 635 g/mol. The summed E-state index contributed by atoms with van der Waals surface area (Å²) in [5.41, 5.74) is 3.92. The number of nitrogens with zero attached hydrogens (tertiary/aromatic N) is 2. The SMILES string of the molecule is CN(C)C(=O)OC[C@@H](NC(=O)N[C@H](C(=O)N1C[C@H]2[C@@H]([C@H]1C(=O)NC(CC1CCC1)C(=O)C(N)=O)C2(C)C)C(C)(C)C)C(C)(C)C. The topological polar surface area (TPSA) is 180 Å². The lowest BCUT2D eigenvalue weighted by atomic mass is 9.80. The molecule has 13 nitrogen and oxygen atoms in total. The molecule has 3 fully saturated rings. The molecule has 254 valence electrons. The van der Waals surface area contributed by atoms with Crippen molar-refractivity contribution in [2.45, 2.75) is 105 Å². The van der Waals surface area contributed by atoms with Gasteiger partial charge in [-0.2, -0.15) is 0 Å². The van der Waals surface area contributed by atoms with Crippen LogP contribution in [0.15, 0.2) is 0 Å². The summed E-state index contributed by atoms with van der Waals surface area (Å²) in [5, 5.41) is 8.48. The number of primary amides is 1. The summed E-state index contributed by atoms with van der Waals surface area (Å²) >= 11 is 0. The van der Waals surface area contributed by atoms with E-state index < -0.39 is 70.6 Å². The minimum absolute atomic E-state index is 0.0685. The molecular weight excluding hydrogens is 580 g/mol. The third kappa shape index (κ3) is 8.26. The van der Waals surface area contributed by atoms with Crippen LogP contribution in [0.3, 0.4) is 0 Å². The molecular formula is C32H54N6O7. The van der Waals surface area contributed by atoms with Crippen molar-refractivity contribution in [3.63, 3.8) is 0 Å². The van der Waals surface area contributed by atoms with Crippen LogP contribution in [0.25, 0.3) is 0 Å². The normalized spacial score (nSPS) is 24.2. The second kappa shape index (κ2) is 13.2. The van der Waals surface area contributed by atoms with Crippen molar-refractivity contribution in [2.24, 2.45) is 39.7 Å². The molecule has 13 heteroatoms. The van der Waals surface area contributed by atoms with Gasteiger partial charge in [0.2, 0.25) is 17.6 Å². The first-order valence-electron chi connectivity index (χ1n) is 15.9. The third-order valence-corrected chi connectivity index (χ3v) is 9.91. The first-order valence-corrected chi connectivity index (χ1v) is 15.9. The molecule has 0 aromatic rings. The van der Waals surface area contributed by atoms with E-state index in [4.69, 9.17) is 10.5 Å². The van der Waals surface area contributed by atoms with Gasteiger partial charge < -0.3 is 36.2 Å². The summed E-state index contributed by atoms with van der Waals surface area (Å²) in [6.45, 7) is 15.5. The van der Waals surface area contributed by atoms with Crippen molar-refractivity contribution in [2.75, 3.05) is 27.2 Å². The monoisotopic (exact) mass is 634 g/mol. The maximum atomic E-state index is 14.2. The second-order valence-electron chi connectivity index (χ2n) is 16.0. The van der Waals surface area contributed by atoms with Gasteiger partial charge in [-0.25, -0.2) is 9.59 Å². The Labute approximate surface area is 267 Å².